The Morgan fingerprint density at radius 3 is 2.19 bits per heavy atom. The number of hydrogen-bond acceptors (Lipinski definition) is 4. The van der Waals surface area contributed by atoms with Crippen LogP contribution in [0.5, 0.6) is 5.75 Å². The summed E-state index contributed by atoms with van der Waals surface area (Å²) in [7, 11) is 0. The molecule has 0 unspecified atom stereocenters. The standard InChI is InChI=1S/C22H20O4/c23-12-19(24)20(25)13-26-21-7-3-6-14-8-9-17-10-15-4-1-2-5-16(15)11-18(17)22(14)21/h1-11,19-20,23-25H,12-13H2/t19-,20-/m0/s1. The van der Waals surface area contributed by atoms with Gasteiger partial charge < -0.3 is 20.1 Å². The first-order chi connectivity index (χ1) is 12.7. The highest BCUT2D eigenvalue weighted by Gasteiger charge is 2.17. The molecule has 0 saturated carbocycles. The summed E-state index contributed by atoms with van der Waals surface area (Å²) in [5, 5.41) is 34.9. The maximum Gasteiger partial charge on any atom is 0.127 e. The predicted octanol–water partition coefficient (Wildman–Crippen LogP) is 3.24. The van der Waals surface area contributed by atoms with Gasteiger partial charge in [0, 0.05) is 5.39 Å². The van der Waals surface area contributed by atoms with Crippen molar-refractivity contribution in [2.45, 2.75) is 12.2 Å². The Bertz CT molecular complexity index is 1070. The van der Waals surface area contributed by atoms with Crippen LogP contribution in [0, 0.1) is 0 Å². The highest BCUT2D eigenvalue weighted by Crippen LogP contribution is 2.35. The monoisotopic (exact) mass is 348 g/mol. The molecule has 4 rings (SSSR count). The average molecular weight is 348 g/mol. The van der Waals surface area contributed by atoms with Crippen molar-refractivity contribution >= 4 is 32.3 Å². The number of hydrogen-bond donors (Lipinski definition) is 3. The normalized spacial score (nSPS) is 14.0. The largest absolute Gasteiger partial charge is 0.490 e. The third-order valence-corrected chi connectivity index (χ3v) is 4.73. The summed E-state index contributed by atoms with van der Waals surface area (Å²) in [5.74, 6) is 0.646. The Balaban J connectivity index is 1.84. The van der Waals surface area contributed by atoms with Crippen molar-refractivity contribution in [3.05, 3.63) is 66.7 Å². The molecule has 4 aromatic carbocycles. The van der Waals surface area contributed by atoms with E-state index in [1.807, 2.05) is 30.3 Å². The summed E-state index contributed by atoms with van der Waals surface area (Å²) in [5.41, 5.74) is 0. The number of benzene rings is 4. The van der Waals surface area contributed by atoms with E-state index in [1.165, 1.54) is 5.39 Å². The Morgan fingerprint density at radius 1 is 0.731 bits per heavy atom. The summed E-state index contributed by atoms with van der Waals surface area (Å²) in [6.45, 7) is -0.597. The second-order valence-corrected chi connectivity index (χ2v) is 6.47. The molecule has 4 aromatic rings. The number of fused-ring (bicyclic) bond motifs is 4. The van der Waals surface area contributed by atoms with E-state index < -0.39 is 18.8 Å². The molecule has 4 heteroatoms. The highest BCUT2D eigenvalue weighted by atomic mass is 16.5. The van der Waals surface area contributed by atoms with Crippen molar-refractivity contribution in [2.75, 3.05) is 13.2 Å². The molecule has 0 amide bonds. The van der Waals surface area contributed by atoms with Gasteiger partial charge in [0.2, 0.25) is 0 Å². The van der Waals surface area contributed by atoms with Crippen molar-refractivity contribution in [3.63, 3.8) is 0 Å². The molecule has 0 aromatic heterocycles. The fourth-order valence-corrected chi connectivity index (χ4v) is 3.30. The van der Waals surface area contributed by atoms with Gasteiger partial charge in [0.05, 0.1) is 6.61 Å². The summed E-state index contributed by atoms with van der Waals surface area (Å²) in [4.78, 5) is 0. The van der Waals surface area contributed by atoms with Gasteiger partial charge in [-0.1, -0.05) is 48.5 Å². The van der Waals surface area contributed by atoms with Crippen LogP contribution in [0.15, 0.2) is 66.7 Å². The molecule has 0 bridgehead atoms. The van der Waals surface area contributed by atoms with Gasteiger partial charge in [-0.2, -0.15) is 0 Å². The maximum atomic E-state index is 9.87. The lowest BCUT2D eigenvalue weighted by atomic mass is 9.98. The molecule has 0 aliphatic heterocycles. The van der Waals surface area contributed by atoms with Crippen LogP contribution in [0.4, 0.5) is 0 Å². The molecular weight excluding hydrogens is 328 g/mol. The Kier molecular flexibility index (Phi) is 4.47. The van der Waals surface area contributed by atoms with E-state index in [2.05, 4.69) is 36.4 Å². The lowest BCUT2D eigenvalue weighted by Crippen LogP contribution is -2.34. The fourth-order valence-electron chi connectivity index (χ4n) is 3.30. The first-order valence-electron chi connectivity index (χ1n) is 8.61. The minimum atomic E-state index is -1.22. The third-order valence-electron chi connectivity index (χ3n) is 4.73. The van der Waals surface area contributed by atoms with Crippen molar-refractivity contribution in [1.82, 2.24) is 0 Å². The first-order valence-corrected chi connectivity index (χ1v) is 8.61. The molecule has 0 radical (unpaired) electrons. The van der Waals surface area contributed by atoms with E-state index in [-0.39, 0.29) is 6.61 Å². The van der Waals surface area contributed by atoms with Gasteiger partial charge in [-0.3, -0.25) is 0 Å². The van der Waals surface area contributed by atoms with E-state index in [0.717, 1.165) is 26.9 Å². The SMILES string of the molecule is OC[C@H](O)[C@@H](O)COc1cccc2ccc3cc4ccccc4cc3c12. The molecule has 4 nitrogen and oxygen atoms in total. The van der Waals surface area contributed by atoms with Crippen LogP contribution in [-0.4, -0.2) is 40.7 Å². The minimum absolute atomic E-state index is 0.0925. The number of aliphatic hydroxyl groups is 3. The summed E-state index contributed by atoms with van der Waals surface area (Å²) in [6, 6.07) is 22.5. The Hall–Kier alpha value is -2.66. The van der Waals surface area contributed by atoms with E-state index in [4.69, 9.17) is 9.84 Å². The van der Waals surface area contributed by atoms with Gasteiger partial charge in [-0.05, 0) is 45.1 Å². The van der Waals surface area contributed by atoms with Gasteiger partial charge in [-0.15, -0.1) is 0 Å². The van der Waals surface area contributed by atoms with Gasteiger partial charge >= 0.3 is 0 Å². The number of aliphatic hydroxyl groups excluding tert-OH is 3. The van der Waals surface area contributed by atoms with Crippen LogP contribution < -0.4 is 4.74 Å². The van der Waals surface area contributed by atoms with Crippen LogP contribution in [-0.2, 0) is 0 Å². The molecule has 132 valence electrons. The van der Waals surface area contributed by atoms with Gasteiger partial charge in [-0.25, -0.2) is 0 Å². The molecule has 0 aliphatic carbocycles. The zero-order valence-corrected chi connectivity index (χ0v) is 14.2. The van der Waals surface area contributed by atoms with E-state index in [1.54, 1.807) is 0 Å². The van der Waals surface area contributed by atoms with Gasteiger partial charge in [0.15, 0.2) is 0 Å². The molecule has 3 N–H and O–H groups in total. The average Bonchev–Trinajstić information content (AvgIpc) is 2.69. The van der Waals surface area contributed by atoms with Crippen molar-refractivity contribution < 1.29 is 20.1 Å². The zero-order valence-electron chi connectivity index (χ0n) is 14.2. The Morgan fingerprint density at radius 2 is 1.42 bits per heavy atom. The molecule has 26 heavy (non-hydrogen) atoms. The maximum absolute atomic E-state index is 9.87. The summed E-state index contributed by atoms with van der Waals surface area (Å²) in [6.07, 6.45) is -2.36. The fraction of sp³-hybridized carbons (Fsp3) is 0.182. The number of rotatable bonds is 5. The predicted molar refractivity (Wildman–Crippen MR) is 104 cm³/mol. The van der Waals surface area contributed by atoms with Gasteiger partial charge in [0.25, 0.3) is 0 Å². The van der Waals surface area contributed by atoms with E-state index >= 15 is 0 Å². The third kappa shape index (κ3) is 2.99. The summed E-state index contributed by atoms with van der Waals surface area (Å²) >= 11 is 0. The number of ether oxygens (including phenoxy) is 1. The Labute approximate surface area is 150 Å². The van der Waals surface area contributed by atoms with Crippen molar-refractivity contribution in [2.24, 2.45) is 0 Å². The molecule has 0 heterocycles. The molecule has 0 saturated heterocycles. The van der Waals surface area contributed by atoms with E-state index in [9.17, 15) is 10.2 Å². The van der Waals surface area contributed by atoms with Crippen LogP contribution in [0.25, 0.3) is 32.3 Å². The summed E-state index contributed by atoms with van der Waals surface area (Å²) < 4.78 is 5.80. The van der Waals surface area contributed by atoms with Crippen LogP contribution in [0.1, 0.15) is 0 Å². The van der Waals surface area contributed by atoms with E-state index in [0.29, 0.717) is 5.75 Å². The van der Waals surface area contributed by atoms with Crippen molar-refractivity contribution in [1.29, 1.82) is 0 Å². The van der Waals surface area contributed by atoms with Crippen LogP contribution in [0.3, 0.4) is 0 Å². The highest BCUT2D eigenvalue weighted by molar-refractivity contribution is 6.14. The molecule has 2 atom stereocenters. The smallest absolute Gasteiger partial charge is 0.127 e. The van der Waals surface area contributed by atoms with Crippen molar-refractivity contribution in [3.8, 4) is 5.75 Å². The topological polar surface area (TPSA) is 69.9 Å². The molecular formula is C22H20O4. The minimum Gasteiger partial charge on any atom is -0.490 e. The second kappa shape index (κ2) is 6.92. The quantitative estimate of drug-likeness (QED) is 0.382. The lowest BCUT2D eigenvalue weighted by molar-refractivity contribution is -0.0337. The molecule has 0 spiro atoms. The van der Waals surface area contributed by atoms with Crippen LogP contribution in [0.2, 0.25) is 0 Å². The molecule has 0 fully saturated rings. The second-order valence-electron chi connectivity index (χ2n) is 6.47. The van der Waals surface area contributed by atoms with Crippen LogP contribution >= 0.6 is 0 Å². The van der Waals surface area contributed by atoms with Gasteiger partial charge in [0.1, 0.15) is 24.6 Å². The first kappa shape index (κ1) is 16.8. The lowest BCUT2D eigenvalue weighted by Gasteiger charge is -2.18. The molecule has 0 aliphatic rings. The zero-order chi connectivity index (χ0) is 18.1.